The van der Waals surface area contributed by atoms with Gasteiger partial charge in [-0.05, 0) is 24.0 Å². The van der Waals surface area contributed by atoms with E-state index in [9.17, 15) is 34.2 Å². The van der Waals surface area contributed by atoms with Crippen LogP contribution in [-0.4, -0.2) is 74.0 Å². The Morgan fingerprint density at radius 1 is 0.738 bits per heavy atom. The maximum Gasteiger partial charge on any atom is 0.326 e. The van der Waals surface area contributed by atoms with Gasteiger partial charge in [0.15, 0.2) is 0 Å². The number of carboxylic acids is 2. The normalized spacial score (nSPS) is 13.6. The number of benzene rings is 2. The van der Waals surface area contributed by atoms with Crippen LogP contribution in [0.25, 0.3) is 0 Å². The number of nitrogens with zero attached hydrogens (tertiary/aromatic N) is 1. The number of rotatable bonds is 16. The van der Waals surface area contributed by atoms with Crippen molar-refractivity contribution in [3.63, 3.8) is 0 Å². The van der Waals surface area contributed by atoms with Gasteiger partial charge in [-0.25, -0.2) is 9.78 Å². The first-order chi connectivity index (χ1) is 20.1. The summed E-state index contributed by atoms with van der Waals surface area (Å²) in [6.07, 6.45) is 2.22. The molecule has 4 atom stereocenters. The Hall–Kier alpha value is -5.04. The lowest BCUT2D eigenvalue weighted by molar-refractivity contribution is -0.142. The van der Waals surface area contributed by atoms with Crippen molar-refractivity contribution in [1.82, 2.24) is 25.9 Å². The molecule has 0 saturated carbocycles. The minimum absolute atomic E-state index is 0.00191. The van der Waals surface area contributed by atoms with Gasteiger partial charge in [0, 0.05) is 31.2 Å². The molecule has 4 unspecified atom stereocenters. The van der Waals surface area contributed by atoms with Gasteiger partial charge >= 0.3 is 11.9 Å². The maximum absolute atomic E-state index is 13.4. The van der Waals surface area contributed by atoms with Crippen molar-refractivity contribution in [2.75, 3.05) is 0 Å². The van der Waals surface area contributed by atoms with Crippen LogP contribution in [-0.2, 0) is 43.2 Å². The summed E-state index contributed by atoms with van der Waals surface area (Å²) in [6.45, 7) is 0. The SMILES string of the molecule is NC(Cc1ccccc1)C(=O)NC(CCC(=O)O)C(=O)NC(Cc1ccccc1)C(=O)NC(Cc1cnc[nH]1)C(=O)O. The predicted molar refractivity (Wildman–Crippen MR) is 151 cm³/mol. The Bertz CT molecular complexity index is 1340. The summed E-state index contributed by atoms with van der Waals surface area (Å²) in [5, 5.41) is 26.4. The topological polar surface area (TPSA) is 217 Å². The number of aromatic nitrogens is 2. The molecule has 0 aliphatic heterocycles. The number of H-pyrrole nitrogens is 1. The van der Waals surface area contributed by atoms with E-state index in [1.165, 1.54) is 12.5 Å². The number of nitrogens with two attached hydrogens (primary N) is 1. The number of hydrogen-bond acceptors (Lipinski definition) is 7. The molecule has 1 heterocycles. The highest BCUT2D eigenvalue weighted by atomic mass is 16.4. The quantitative estimate of drug-likeness (QED) is 0.123. The fraction of sp³-hybridized carbons (Fsp3) is 0.310. The summed E-state index contributed by atoms with van der Waals surface area (Å²) in [5.74, 6) is -4.73. The number of carbonyl (C=O) groups excluding carboxylic acids is 3. The van der Waals surface area contributed by atoms with Gasteiger partial charge in [0.25, 0.3) is 0 Å². The van der Waals surface area contributed by atoms with E-state index in [0.717, 1.165) is 5.56 Å². The van der Waals surface area contributed by atoms with Crippen LogP contribution < -0.4 is 21.7 Å². The minimum atomic E-state index is -1.33. The van der Waals surface area contributed by atoms with E-state index in [1.807, 2.05) is 6.07 Å². The molecule has 8 N–H and O–H groups in total. The van der Waals surface area contributed by atoms with Crippen molar-refractivity contribution in [3.05, 3.63) is 90.0 Å². The van der Waals surface area contributed by atoms with Crippen LogP contribution in [0.5, 0.6) is 0 Å². The van der Waals surface area contributed by atoms with Gasteiger partial charge in [0.05, 0.1) is 12.4 Å². The van der Waals surface area contributed by atoms with Gasteiger partial charge in [0.1, 0.15) is 18.1 Å². The highest BCUT2D eigenvalue weighted by Gasteiger charge is 2.31. The van der Waals surface area contributed by atoms with Crippen molar-refractivity contribution < 1.29 is 34.2 Å². The van der Waals surface area contributed by atoms with E-state index < -0.39 is 60.2 Å². The smallest absolute Gasteiger partial charge is 0.326 e. The van der Waals surface area contributed by atoms with Crippen molar-refractivity contribution in [1.29, 1.82) is 0 Å². The number of aromatic amines is 1. The number of aliphatic carboxylic acids is 2. The summed E-state index contributed by atoms with van der Waals surface area (Å²) in [7, 11) is 0. The van der Waals surface area contributed by atoms with Gasteiger partial charge < -0.3 is 36.9 Å². The van der Waals surface area contributed by atoms with Crippen LogP contribution in [0.3, 0.4) is 0 Å². The van der Waals surface area contributed by atoms with Crippen LogP contribution in [0.15, 0.2) is 73.2 Å². The Morgan fingerprint density at radius 2 is 1.29 bits per heavy atom. The van der Waals surface area contributed by atoms with E-state index in [-0.39, 0.29) is 25.7 Å². The van der Waals surface area contributed by atoms with Crippen LogP contribution in [0.4, 0.5) is 0 Å². The Balaban J connectivity index is 1.76. The molecule has 222 valence electrons. The zero-order valence-corrected chi connectivity index (χ0v) is 22.7. The van der Waals surface area contributed by atoms with Gasteiger partial charge in [-0.3, -0.25) is 19.2 Å². The molecule has 0 fully saturated rings. The molecule has 0 saturated heterocycles. The van der Waals surface area contributed by atoms with E-state index in [4.69, 9.17) is 5.73 Å². The van der Waals surface area contributed by atoms with Gasteiger partial charge in [-0.2, -0.15) is 0 Å². The van der Waals surface area contributed by atoms with Crippen molar-refractivity contribution in [2.24, 2.45) is 5.73 Å². The molecule has 0 radical (unpaired) electrons. The molecular weight excluding hydrogens is 544 g/mol. The molecule has 0 spiro atoms. The fourth-order valence-corrected chi connectivity index (χ4v) is 4.20. The lowest BCUT2D eigenvalue weighted by atomic mass is 10.0. The monoisotopic (exact) mass is 578 g/mol. The van der Waals surface area contributed by atoms with Crippen LogP contribution >= 0.6 is 0 Å². The van der Waals surface area contributed by atoms with E-state index in [1.54, 1.807) is 54.6 Å². The first-order valence-electron chi connectivity index (χ1n) is 13.3. The van der Waals surface area contributed by atoms with Gasteiger partial charge in [-0.15, -0.1) is 0 Å². The molecule has 13 nitrogen and oxygen atoms in total. The van der Waals surface area contributed by atoms with Gasteiger partial charge in [0.2, 0.25) is 17.7 Å². The number of amides is 3. The number of hydrogen-bond donors (Lipinski definition) is 7. The highest BCUT2D eigenvalue weighted by Crippen LogP contribution is 2.08. The van der Waals surface area contributed by atoms with Gasteiger partial charge in [-0.1, -0.05) is 60.7 Å². The third kappa shape index (κ3) is 10.2. The predicted octanol–water partition coefficient (Wildman–Crippen LogP) is 0.169. The minimum Gasteiger partial charge on any atom is -0.481 e. The third-order valence-corrected chi connectivity index (χ3v) is 6.42. The largest absolute Gasteiger partial charge is 0.481 e. The van der Waals surface area contributed by atoms with Crippen LogP contribution in [0.1, 0.15) is 29.7 Å². The summed E-state index contributed by atoms with van der Waals surface area (Å²) >= 11 is 0. The molecule has 1 aromatic heterocycles. The molecule has 42 heavy (non-hydrogen) atoms. The molecule has 2 aromatic carbocycles. The second-order valence-electron chi connectivity index (χ2n) is 9.72. The number of imidazole rings is 1. The van der Waals surface area contributed by atoms with E-state index in [2.05, 4.69) is 25.9 Å². The molecule has 3 aromatic rings. The van der Waals surface area contributed by atoms with E-state index >= 15 is 0 Å². The first-order valence-corrected chi connectivity index (χ1v) is 13.3. The van der Waals surface area contributed by atoms with Crippen molar-refractivity contribution in [3.8, 4) is 0 Å². The molecule has 0 bridgehead atoms. The lowest BCUT2D eigenvalue weighted by Crippen LogP contribution is -2.58. The Labute approximate surface area is 241 Å². The molecule has 0 aliphatic rings. The summed E-state index contributed by atoms with van der Waals surface area (Å²) in [5.41, 5.74) is 8.01. The highest BCUT2D eigenvalue weighted by molar-refractivity contribution is 5.94. The second kappa shape index (κ2) is 15.7. The first kappa shape index (κ1) is 31.5. The number of carbonyl (C=O) groups is 5. The van der Waals surface area contributed by atoms with Crippen LogP contribution in [0.2, 0.25) is 0 Å². The zero-order valence-electron chi connectivity index (χ0n) is 22.7. The molecular formula is C29H34N6O7. The average molecular weight is 579 g/mol. The van der Waals surface area contributed by atoms with E-state index in [0.29, 0.717) is 11.3 Å². The molecule has 3 amide bonds. The van der Waals surface area contributed by atoms with Crippen LogP contribution in [0, 0.1) is 0 Å². The molecule has 13 heteroatoms. The standard InChI is InChI=1S/C29H34N6O7/c30-21(13-18-7-3-1-4-8-18)26(38)33-22(11-12-25(36)37)27(39)34-23(14-19-9-5-2-6-10-19)28(40)35-24(29(41)42)15-20-16-31-17-32-20/h1-10,16-17,21-24H,11-15,30H2,(H,31,32)(H,33,38)(H,34,39)(H,35,40)(H,36,37)(H,41,42). The number of nitrogens with one attached hydrogen (secondary N) is 4. The Kier molecular flexibility index (Phi) is 11.7. The molecule has 0 aliphatic carbocycles. The second-order valence-corrected chi connectivity index (χ2v) is 9.72. The Morgan fingerprint density at radius 3 is 1.83 bits per heavy atom. The average Bonchev–Trinajstić information content (AvgIpc) is 3.48. The lowest BCUT2D eigenvalue weighted by Gasteiger charge is -2.25. The summed E-state index contributed by atoms with van der Waals surface area (Å²) in [6, 6.07) is 12.8. The molecule has 3 rings (SSSR count). The van der Waals surface area contributed by atoms with Crippen molar-refractivity contribution >= 4 is 29.7 Å². The third-order valence-electron chi connectivity index (χ3n) is 6.42. The zero-order chi connectivity index (χ0) is 30.5. The number of carboxylic acid groups (broad SMARTS) is 2. The fourth-order valence-electron chi connectivity index (χ4n) is 4.20. The summed E-state index contributed by atoms with van der Waals surface area (Å²) < 4.78 is 0. The summed E-state index contributed by atoms with van der Waals surface area (Å²) in [4.78, 5) is 69.4. The van der Waals surface area contributed by atoms with Crippen molar-refractivity contribution in [2.45, 2.75) is 56.3 Å². The maximum atomic E-state index is 13.4.